The molecule has 26 heavy (non-hydrogen) atoms. The highest BCUT2D eigenvalue weighted by Crippen LogP contribution is 2.38. The van der Waals surface area contributed by atoms with Gasteiger partial charge in [-0.25, -0.2) is 4.98 Å². The van der Waals surface area contributed by atoms with Crippen molar-refractivity contribution in [2.24, 2.45) is 11.3 Å². The number of fused-ring (bicyclic) bond motifs is 1. The summed E-state index contributed by atoms with van der Waals surface area (Å²) in [4.78, 5) is 42.5. The lowest BCUT2D eigenvalue weighted by molar-refractivity contribution is -0.151. The van der Waals surface area contributed by atoms with Crippen molar-refractivity contribution in [3.8, 4) is 0 Å². The maximum atomic E-state index is 12.5. The summed E-state index contributed by atoms with van der Waals surface area (Å²) < 4.78 is 1.43. The smallest absolute Gasteiger partial charge is 0.311 e. The van der Waals surface area contributed by atoms with Gasteiger partial charge in [-0.15, -0.1) is 0 Å². The normalized spacial score (nSPS) is 20.0. The summed E-state index contributed by atoms with van der Waals surface area (Å²) in [6.07, 6.45) is 2.06. The molecule has 1 amide bonds. The van der Waals surface area contributed by atoms with Gasteiger partial charge in [0.2, 0.25) is 5.91 Å². The molecule has 1 aliphatic heterocycles. The van der Waals surface area contributed by atoms with E-state index in [1.165, 1.54) is 10.9 Å². The van der Waals surface area contributed by atoms with Crippen molar-refractivity contribution in [3.63, 3.8) is 0 Å². The first-order chi connectivity index (χ1) is 12.3. The number of hydrogen-bond donors (Lipinski definition) is 1. The van der Waals surface area contributed by atoms with Crippen LogP contribution in [0.25, 0.3) is 10.9 Å². The van der Waals surface area contributed by atoms with E-state index in [0.29, 0.717) is 23.9 Å². The number of aryl methyl sites for hydroxylation is 1. The van der Waals surface area contributed by atoms with E-state index in [-0.39, 0.29) is 36.9 Å². The number of hydrogen-bond acceptors (Lipinski definition) is 4. The zero-order valence-corrected chi connectivity index (χ0v) is 15.0. The van der Waals surface area contributed by atoms with Gasteiger partial charge >= 0.3 is 5.97 Å². The number of para-hydroxylation sites is 1. The lowest BCUT2D eigenvalue weighted by Crippen LogP contribution is -2.40. The van der Waals surface area contributed by atoms with Gasteiger partial charge in [-0.2, -0.15) is 0 Å². The number of carboxylic acids is 1. The Bertz CT molecular complexity index is 905. The summed E-state index contributed by atoms with van der Waals surface area (Å²) in [5.74, 6) is -1.03. The summed E-state index contributed by atoms with van der Waals surface area (Å²) in [6, 6.07) is 7.09. The molecular weight excluding hydrogens is 334 g/mol. The fourth-order valence-electron chi connectivity index (χ4n) is 3.58. The third-order valence-corrected chi connectivity index (χ3v) is 5.48. The van der Waals surface area contributed by atoms with Crippen molar-refractivity contribution in [3.05, 3.63) is 40.9 Å². The summed E-state index contributed by atoms with van der Waals surface area (Å²) >= 11 is 0. The maximum absolute atomic E-state index is 12.5. The van der Waals surface area contributed by atoms with Gasteiger partial charge in [0, 0.05) is 26.1 Å². The van der Waals surface area contributed by atoms with Crippen LogP contribution in [0.1, 0.15) is 26.7 Å². The second-order valence-corrected chi connectivity index (χ2v) is 7.19. The summed E-state index contributed by atoms with van der Waals surface area (Å²) in [5, 5.41) is 10.1. The highest BCUT2D eigenvalue weighted by atomic mass is 16.4. The summed E-state index contributed by atoms with van der Waals surface area (Å²) in [5.41, 5.74) is -0.425. The van der Waals surface area contributed by atoms with Crippen molar-refractivity contribution < 1.29 is 14.7 Å². The van der Waals surface area contributed by atoms with Crippen LogP contribution in [0.4, 0.5) is 0 Å². The fourth-order valence-corrected chi connectivity index (χ4v) is 3.58. The van der Waals surface area contributed by atoms with Crippen LogP contribution in [0, 0.1) is 11.3 Å². The molecule has 1 saturated heterocycles. The molecule has 0 spiro atoms. The topological polar surface area (TPSA) is 92.5 Å². The van der Waals surface area contributed by atoms with Crippen LogP contribution in [0.15, 0.2) is 35.4 Å². The third-order valence-electron chi connectivity index (χ3n) is 5.48. The van der Waals surface area contributed by atoms with E-state index in [4.69, 9.17) is 0 Å². The lowest BCUT2D eigenvalue weighted by Gasteiger charge is -2.28. The number of carbonyl (C=O) groups is 2. The Morgan fingerprint density at radius 3 is 2.69 bits per heavy atom. The van der Waals surface area contributed by atoms with E-state index in [1.807, 2.05) is 19.9 Å². The molecular formula is C19H23N3O4. The number of rotatable bonds is 5. The average Bonchev–Trinajstić information content (AvgIpc) is 3.08. The van der Waals surface area contributed by atoms with Crippen LogP contribution in [0.2, 0.25) is 0 Å². The van der Waals surface area contributed by atoms with E-state index in [0.717, 1.165) is 0 Å². The second kappa shape index (κ2) is 6.90. The molecule has 7 nitrogen and oxygen atoms in total. The van der Waals surface area contributed by atoms with Crippen LogP contribution >= 0.6 is 0 Å². The van der Waals surface area contributed by atoms with E-state index in [1.54, 1.807) is 23.1 Å². The van der Waals surface area contributed by atoms with Crippen LogP contribution in [0.5, 0.6) is 0 Å². The zero-order valence-electron chi connectivity index (χ0n) is 15.0. The van der Waals surface area contributed by atoms with Crippen molar-refractivity contribution in [2.75, 3.05) is 13.1 Å². The molecule has 1 atom stereocenters. The molecule has 0 radical (unpaired) electrons. The van der Waals surface area contributed by atoms with E-state index in [9.17, 15) is 19.5 Å². The number of aliphatic carboxylic acids is 1. The second-order valence-electron chi connectivity index (χ2n) is 7.19. The molecule has 3 rings (SSSR count). The SMILES string of the molecule is CC(C)C1(C(=O)O)CCN(C(=O)CCn2cnc3ccccc3c2=O)C1. The number of likely N-dealkylation sites (tertiary alicyclic amines) is 1. The van der Waals surface area contributed by atoms with E-state index in [2.05, 4.69) is 4.98 Å². The molecule has 2 aromatic rings. The highest BCUT2D eigenvalue weighted by molar-refractivity contribution is 5.81. The predicted molar refractivity (Wildman–Crippen MR) is 96.7 cm³/mol. The molecule has 1 aromatic carbocycles. The van der Waals surface area contributed by atoms with Gasteiger partial charge in [-0.05, 0) is 24.5 Å². The lowest BCUT2D eigenvalue weighted by atomic mass is 9.76. The molecule has 1 aromatic heterocycles. The Morgan fingerprint density at radius 1 is 1.31 bits per heavy atom. The Balaban J connectivity index is 1.69. The minimum Gasteiger partial charge on any atom is -0.481 e. The molecule has 1 fully saturated rings. The maximum Gasteiger partial charge on any atom is 0.311 e. The molecule has 1 N–H and O–H groups in total. The molecule has 138 valence electrons. The van der Waals surface area contributed by atoms with Gasteiger partial charge in [0.05, 0.1) is 22.6 Å². The third kappa shape index (κ3) is 3.09. The van der Waals surface area contributed by atoms with Gasteiger partial charge in [-0.1, -0.05) is 26.0 Å². The molecule has 0 saturated carbocycles. The Labute approximate surface area is 151 Å². The first kappa shape index (κ1) is 18.1. The molecule has 1 unspecified atom stereocenters. The quantitative estimate of drug-likeness (QED) is 0.880. The van der Waals surface area contributed by atoms with Crippen molar-refractivity contribution in [1.82, 2.24) is 14.5 Å². The number of carboxylic acid groups (broad SMARTS) is 1. The first-order valence-corrected chi connectivity index (χ1v) is 8.80. The minimum absolute atomic E-state index is 0.0508. The van der Waals surface area contributed by atoms with Crippen LogP contribution in [0.3, 0.4) is 0 Å². The van der Waals surface area contributed by atoms with Crippen LogP contribution in [-0.4, -0.2) is 44.5 Å². The summed E-state index contributed by atoms with van der Waals surface area (Å²) in [7, 11) is 0. The number of amides is 1. The first-order valence-electron chi connectivity index (χ1n) is 8.80. The molecule has 2 heterocycles. The molecule has 0 aliphatic carbocycles. The van der Waals surface area contributed by atoms with E-state index >= 15 is 0 Å². The monoisotopic (exact) mass is 357 g/mol. The van der Waals surface area contributed by atoms with Gasteiger partial charge in [0.15, 0.2) is 0 Å². The Kier molecular flexibility index (Phi) is 4.80. The summed E-state index contributed by atoms with van der Waals surface area (Å²) in [6.45, 7) is 4.65. The van der Waals surface area contributed by atoms with E-state index < -0.39 is 11.4 Å². The number of carbonyl (C=O) groups excluding carboxylic acids is 1. The largest absolute Gasteiger partial charge is 0.481 e. The Morgan fingerprint density at radius 2 is 2.04 bits per heavy atom. The average molecular weight is 357 g/mol. The number of benzene rings is 1. The fraction of sp³-hybridized carbons (Fsp3) is 0.474. The van der Waals surface area contributed by atoms with Gasteiger partial charge in [-0.3, -0.25) is 19.0 Å². The Hall–Kier alpha value is -2.70. The zero-order chi connectivity index (χ0) is 18.9. The minimum atomic E-state index is -0.878. The number of nitrogens with zero attached hydrogens (tertiary/aromatic N) is 3. The van der Waals surface area contributed by atoms with Gasteiger partial charge in [0.1, 0.15) is 0 Å². The molecule has 7 heteroatoms. The highest BCUT2D eigenvalue weighted by Gasteiger charge is 2.48. The standard InChI is InChI=1S/C19H23N3O4/c1-13(2)19(18(25)26)8-10-21(11-19)16(23)7-9-22-12-20-15-6-4-3-5-14(15)17(22)24/h3-6,12-13H,7-11H2,1-2H3,(H,25,26). The van der Waals surface area contributed by atoms with Gasteiger partial charge in [0.25, 0.3) is 5.56 Å². The van der Waals surface area contributed by atoms with Crippen molar-refractivity contribution in [1.29, 1.82) is 0 Å². The molecule has 1 aliphatic rings. The predicted octanol–water partition coefficient (Wildman–Crippen LogP) is 1.75. The van der Waals surface area contributed by atoms with Crippen LogP contribution in [-0.2, 0) is 16.1 Å². The van der Waals surface area contributed by atoms with Crippen molar-refractivity contribution >= 4 is 22.8 Å². The van der Waals surface area contributed by atoms with Crippen molar-refractivity contribution in [2.45, 2.75) is 33.2 Å². The molecule has 0 bridgehead atoms. The van der Waals surface area contributed by atoms with Gasteiger partial charge < -0.3 is 10.0 Å². The van der Waals surface area contributed by atoms with Crippen LogP contribution < -0.4 is 5.56 Å². The number of aromatic nitrogens is 2.